The van der Waals surface area contributed by atoms with Gasteiger partial charge in [0.2, 0.25) is 0 Å². The van der Waals surface area contributed by atoms with Gasteiger partial charge >= 0.3 is 0 Å². The van der Waals surface area contributed by atoms with Crippen molar-refractivity contribution in [2.24, 2.45) is 5.92 Å². The van der Waals surface area contributed by atoms with Crippen molar-refractivity contribution in [3.05, 3.63) is 164 Å². The standard InChI is InChI=1S/C47H43N/c1-7-11-18-32(5)33(6)41-23-17-24-42(38(41)8-2)47-40(10-4)39(9-3)46(43-21-15-16-22-44(43)47)36-27-25-34(26-28-36)37-29-30-45(48-31-37)35-19-13-12-14-20-35/h8-10,12-17,19-32H,2-4,6-7,11,18H2,1,5H3. The first-order valence-corrected chi connectivity index (χ1v) is 16.9. The van der Waals surface area contributed by atoms with E-state index in [-0.39, 0.29) is 0 Å². The van der Waals surface area contributed by atoms with Crippen LogP contribution >= 0.6 is 0 Å². The van der Waals surface area contributed by atoms with Gasteiger partial charge in [-0.2, -0.15) is 0 Å². The number of unbranched alkanes of at least 4 members (excludes halogenated alkanes) is 1. The van der Waals surface area contributed by atoms with Crippen LogP contribution < -0.4 is 0 Å². The van der Waals surface area contributed by atoms with Gasteiger partial charge in [0.1, 0.15) is 0 Å². The number of hydrogen-bond donors (Lipinski definition) is 0. The summed E-state index contributed by atoms with van der Waals surface area (Å²) in [6, 6.07) is 38.5. The molecule has 48 heavy (non-hydrogen) atoms. The zero-order valence-electron chi connectivity index (χ0n) is 28.2. The molecular formula is C47H43N. The Morgan fingerprint density at radius 2 is 1.23 bits per heavy atom. The molecule has 1 heteroatoms. The third-order valence-electron chi connectivity index (χ3n) is 9.55. The maximum Gasteiger partial charge on any atom is 0.0702 e. The van der Waals surface area contributed by atoms with Crippen LogP contribution in [-0.2, 0) is 0 Å². The second kappa shape index (κ2) is 14.5. The lowest BCUT2D eigenvalue weighted by atomic mass is 9.80. The van der Waals surface area contributed by atoms with Gasteiger partial charge in [-0.25, -0.2) is 0 Å². The van der Waals surface area contributed by atoms with E-state index in [9.17, 15) is 0 Å². The Morgan fingerprint density at radius 3 is 1.85 bits per heavy atom. The fraction of sp³-hybridized carbons (Fsp3) is 0.128. The molecule has 1 aromatic heterocycles. The largest absolute Gasteiger partial charge is 0.256 e. The van der Waals surface area contributed by atoms with E-state index in [1.807, 2.05) is 42.6 Å². The molecule has 0 aliphatic carbocycles. The number of hydrogen-bond acceptors (Lipinski definition) is 1. The zero-order chi connectivity index (χ0) is 33.6. The summed E-state index contributed by atoms with van der Waals surface area (Å²) in [7, 11) is 0. The zero-order valence-corrected chi connectivity index (χ0v) is 28.2. The van der Waals surface area contributed by atoms with Crippen LogP contribution in [0.4, 0.5) is 0 Å². The van der Waals surface area contributed by atoms with Crippen molar-refractivity contribution in [2.45, 2.75) is 33.1 Å². The normalized spacial score (nSPS) is 11.6. The molecule has 1 heterocycles. The minimum absolute atomic E-state index is 0.390. The molecule has 6 aromatic rings. The van der Waals surface area contributed by atoms with E-state index in [0.29, 0.717) is 5.92 Å². The van der Waals surface area contributed by atoms with E-state index in [1.165, 1.54) is 23.6 Å². The SMILES string of the molecule is C=Cc1c(C(=C)C(C)CCCC)cccc1-c1c(C=C)c(C=C)c(-c2ccc(-c3ccc(-c4ccccc4)nc3)cc2)c2ccccc12. The van der Waals surface area contributed by atoms with Crippen molar-refractivity contribution in [1.29, 1.82) is 0 Å². The van der Waals surface area contributed by atoms with Crippen LogP contribution in [0.15, 0.2) is 142 Å². The number of fused-ring (bicyclic) bond motifs is 1. The Morgan fingerprint density at radius 1 is 0.625 bits per heavy atom. The fourth-order valence-corrected chi connectivity index (χ4v) is 6.91. The summed E-state index contributed by atoms with van der Waals surface area (Å²) in [4.78, 5) is 4.75. The Bertz CT molecular complexity index is 2110. The van der Waals surface area contributed by atoms with Gasteiger partial charge in [0, 0.05) is 17.3 Å². The molecule has 0 saturated heterocycles. The van der Waals surface area contributed by atoms with E-state index in [2.05, 4.69) is 131 Å². The maximum atomic E-state index is 4.75. The Balaban J connectivity index is 1.47. The summed E-state index contributed by atoms with van der Waals surface area (Å²) in [6.45, 7) is 22.0. The molecule has 236 valence electrons. The Kier molecular flexibility index (Phi) is 9.78. The molecule has 0 bridgehead atoms. The van der Waals surface area contributed by atoms with Crippen molar-refractivity contribution < 1.29 is 0 Å². The number of allylic oxidation sites excluding steroid dienone is 1. The van der Waals surface area contributed by atoms with Crippen LogP contribution in [-0.4, -0.2) is 4.98 Å². The minimum atomic E-state index is 0.390. The lowest BCUT2D eigenvalue weighted by molar-refractivity contribution is 0.611. The van der Waals surface area contributed by atoms with Gasteiger partial charge in [-0.15, -0.1) is 0 Å². The maximum absolute atomic E-state index is 4.75. The van der Waals surface area contributed by atoms with Crippen molar-refractivity contribution in [1.82, 2.24) is 4.98 Å². The summed E-state index contributed by atoms with van der Waals surface area (Å²) >= 11 is 0. The van der Waals surface area contributed by atoms with Gasteiger partial charge in [0.15, 0.2) is 0 Å². The minimum Gasteiger partial charge on any atom is -0.256 e. The van der Waals surface area contributed by atoms with Gasteiger partial charge in [-0.3, -0.25) is 4.98 Å². The molecule has 0 radical (unpaired) electrons. The van der Waals surface area contributed by atoms with Crippen LogP contribution in [0.1, 0.15) is 55.4 Å². The smallest absolute Gasteiger partial charge is 0.0702 e. The van der Waals surface area contributed by atoms with E-state index in [1.54, 1.807) is 0 Å². The van der Waals surface area contributed by atoms with E-state index in [4.69, 9.17) is 4.98 Å². The fourth-order valence-electron chi connectivity index (χ4n) is 6.91. The number of aromatic nitrogens is 1. The molecule has 6 rings (SSSR count). The molecule has 0 amide bonds. The molecule has 1 atom stereocenters. The van der Waals surface area contributed by atoms with Crippen molar-refractivity contribution in [2.75, 3.05) is 0 Å². The van der Waals surface area contributed by atoms with Crippen LogP contribution in [0, 0.1) is 5.92 Å². The third-order valence-corrected chi connectivity index (χ3v) is 9.55. The monoisotopic (exact) mass is 621 g/mol. The van der Waals surface area contributed by atoms with E-state index in [0.717, 1.165) is 78.9 Å². The second-order valence-electron chi connectivity index (χ2n) is 12.4. The van der Waals surface area contributed by atoms with Gasteiger partial charge in [0.25, 0.3) is 0 Å². The predicted molar refractivity (Wildman–Crippen MR) is 211 cm³/mol. The molecule has 0 saturated carbocycles. The topological polar surface area (TPSA) is 12.9 Å². The van der Waals surface area contributed by atoms with Crippen molar-refractivity contribution >= 4 is 34.6 Å². The molecule has 1 nitrogen and oxygen atoms in total. The average molecular weight is 622 g/mol. The molecule has 0 aliphatic rings. The van der Waals surface area contributed by atoms with Gasteiger partial charge < -0.3 is 0 Å². The summed E-state index contributed by atoms with van der Waals surface area (Å²) in [5.41, 5.74) is 14.4. The van der Waals surface area contributed by atoms with Crippen LogP contribution in [0.3, 0.4) is 0 Å². The first-order valence-electron chi connectivity index (χ1n) is 16.9. The highest BCUT2D eigenvalue weighted by Crippen LogP contribution is 2.45. The highest BCUT2D eigenvalue weighted by Gasteiger charge is 2.22. The van der Waals surface area contributed by atoms with E-state index >= 15 is 0 Å². The summed E-state index contributed by atoms with van der Waals surface area (Å²) < 4.78 is 0. The van der Waals surface area contributed by atoms with Crippen LogP contribution in [0.5, 0.6) is 0 Å². The number of nitrogens with zero attached hydrogens (tertiary/aromatic N) is 1. The van der Waals surface area contributed by atoms with Crippen molar-refractivity contribution in [3.8, 4) is 44.6 Å². The molecule has 0 N–H and O–H groups in total. The third kappa shape index (κ3) is 6.12. The second-order valence-corrected chi connectivity index (χ2v) is 12.4. The molecule has 5 aromatic carbocycles. The molecule has 1 unspecified atom stereocenters. The number of pyridine rings is 1. The molecule has 0 spiro atoms. The highest BCUT2D eigenvalue weighted by molar-refractivity contribution is 6.12. The number of benzene rings is 5. The molecule has 0 fully saturated rings. The first kappa shape index (κ1) is 32.4. The quantitative estimate of drug-likeness (QED) is 0.132. The van der Waals surface area contributed by atoms with Gasteiger partial charge in [-0.05, 0) is 84.8 Å². The van der Waals surface area contributed by atoms with Gasteiger partial charge in [-0.1, -0.05) is 174 Å². The van der Waals surface area contributed by atoms with Crippen LogP contribution in [0.2, 0.25) is 0 Å². The van der Waals surface area contributed by atoms with E-state index < -0.39 is 0 Å². The average Bonchev–Trinajstić information content (AvgIpc) is 3.15. The molecule has 0 aliphatic heterocycles. The van der Waals surface area contributed by atoms with Crippen molar-refractivity contribution in [3.63, 3.8) is 0 Å². The summed E-state index contributed by atoms with van der Waals surface area (Å²) in [5.74, 6) is 0.390. The summed E-state index contributed by atoms with van der Waals surface area (Å²) in [5, 5.41) is 2.34. The van der Waals surface area contributed by atoms with Crippen LogP contribution in [0.25, 0.3) is 79.2 Å². The van der Waals surface area contributed by atoms with Gasteiger partial charge in [0.05, 0.1) is 5.69 Å². The molecular weight excluding hydrogens is 579 g/mol. The Hall–Kier alpha value is -5.53. The first-order chi connectivity index (χ1) is 23.5. The lowest BCUT2D eigenvalue weighted by Gasteiger charge is -2.23. The highest BCUT2D eigenvalue weighted by atomic mass is 14.7. The lowest BCUT2D eigenvalue weighted by Crippen LogP contribution is -2.02. The predicted octanol–water partition coefficient (Wildman–Crippen LogP) is 13.7. The summed E-state index contributed by atoms with van der Waals surface area (Å²) in [6.07, 6.45) is 11.4. The number of rotatable bonds is 12. The Labute approximate surface area is 286 Å².